The van der Waals surface area contributed by atoms with Gasteiger partial charge in [-0.2, -0.15) is 0 Å². The topological polar surface area (TPSA) is 29.5 Å². The van der Waals surface area contributed by atoms with Gasteiger partial charge in [0.2, 0.25) is 0 Å². The Kier molecular flexibility index (Phi) is 3.68. The minimum absolute atomic E-state index is 0.301. The van der Waals surface area contributed by atoms with E-state index in [4.69, 9.17) is 4.74 Å². The maximum Gasteiger partial charge on any atom is 0.129 e. The number of rotatable bonds is 3. The summed E-state index contributed by atoms with van der Waals surface area (Å²) in [5, 5.41) is 11.2. The lowest BCUT2D eigenvalue weighted by atomic mass is 9.82. The lowest BCUT2D eigenvalue weighted by Gasteiger charge is -2.32. The van der Waals surface area contributed by atoms with Crippen molar-refractivity contribution in [3.63, 3.8) is 0 Å². The van der Waals surface area contributed by atoms with Gasteiger partial charge in [-0.05, 0) is 30.9 Å². The Hall–Kier alpha value is -1.87. The second kappa shape index (κ2) is 5.49. The van der Waals surface area contributed by atoms with Crippen molar-refractivity contribution >= 4 is 0 Å². The molecule has 0 saturated heterocycles. The lowest BCUT2D eigenvalue weighted by Crippen LogP contribution is -2.29. The third-order valence-corrected chi connectivity index (χ3v) is 4.21. The van der Waals surface area contributed by atoms with Crippen LogP contribution in [-0.2, 0) is 12.0 Å². The number of halogens is 1. The maximum atomic E-state index is 14.2. The number of ether oxygens (including phenoxy) is 1. The molecule has 1 unspecified atom stereocenters. The van der Waals surface area contributed by atoms with Crippen molar-refractivity contribution < 1.29 is 14.2 Å². The van der Waals surface area contributed by atoms with E-state index in [0.29, 0.717) is 24.2 Å². The number of aliphatic hydroxyl groups is 1. The third kappa shape index (κ3) is 2.32. The molecular weight excluding hydrogens is 267 g/mol. The van der Waals surface area contributed by atoms with Crippen molar-refractivity contribution in [1.82, 2.24) is 0 Å². The summed E-state index contributed by atoms with van der Waals surface area (Å²) in [6.07, 6.45) is 2.29. The van der Waals surface area contributed by atoms with Gasteiger partial charge in [-0.1, -0.05) is 43.3 Å². The Balaban J connectivity index is 2.19. The van der Waals surface area contributed by atoms with Crippen LogP contribution in [0.5, 0.6) is 5.75 Å². The molecular formula is C18H19FO2. The molecule has 2 aromatic carbocycles. The van der Waals surface area contributed by atoms with E-state index in [9.17, 15) is 9.50 Å². The first kappa shape index (κ1) is 14.1. The van der Waals surface area contributed by atoms with Crippen LogP contribution in [0.25, 0.3) is 0 Å². The van der Waals surface area contributed by atoms with Crippen molar-refractivity contribution in [3.05, 3.63) is 65.0 Å². The number of aryl methyl sites for hydroxylation is 1. The molecule has 2 nitrogen and oxygen atoms in total. The van der Waals surface area contributed by atoms with Crippen molar-refractivity contribution in [2.75, 3.05) is 6.61 Å². The molecule has 1 aliphatic heterocycles. The zero-order valence-corrected chi connectivity index (χ0v) is 12.1. The van der Waals surface area contributed by atoms with Crippen LogP contribution in [0.3, 0.4) is 0 Å². The van der Waals surface area contributed by atoms with Gasteiger partial charge in [-0.15, -0.1) is 0 Å². The fourth-order valence-corrected chi connectivity index (χ4v) is 3.04. The summed E-state index contributed by atoms with van der Waals surface area (Å²) in [5.74, 6) is 0.326. The molecule has 21 heavy (non-hydrogen) atoms. The number of hydrogen-bond donors (Lipinski definition) is 1. The molecule has 2 aromatic rings. The fourth-order valence-electron chi connectivity index (χ4n) is 3.04. The molecule has 110 valence electrons. The second-order valence-electron chi connectivity index (χ2n) is 5.44. The summed E-state index contributed by atoms with van der Waals surface area (Å²) in [4.78, 5) is 0. The second-order valence-corrected chi connectivity index (χ2v) is 5.44. The molecule has 1 N–H and O–H groups in total. The molecule has 0 aliphatic carbocycles. The van der Waals surface area contributed by atoms with Gasteiger partial charge in [0.05, 0.1) is 6.61 Å². The lowest BCUT2D eigenvalue weighted by molar-refractivity contribution is 0.0681. The molecule has 0 amide bonds. The highest BCUT2D eigenvalue weighted by molar-refractivity contribution is 5.50. The quantitative estimate of drug-likeness (QED) is 0.930. The smallest absolute Gasteiger partial charge is 0.129 e. The Labute approximate surface area is 124 Å². The van der Waals surface area contributed by atoms with Crippen molar-refractivity contribution in [3.8, 4) is 5.75 Å². The predicted octanol–water partition coefficient (Wildman–Crippen LogP) is 3.80. The zero-order valence-electron chi connectivity index (χ0n) is 12.1. The molecule has 0 fully saturated rings. The molecule has 0 bridgehead atoms. The van der Waals surface area contributed by atoms with Crippen LogP contribution >= 0.6 is 0 Å². The van der Waals surface area contributed by atoms with Gasteiger partial charge in [-0.3, -0.25) is 0 Å². The van der Waals surface area contributed by atoms with Gasteiger partial charge in [0.25, 0.3) is 0 Å². The standard InChI is InChI=1S/C18H19FO2/c1-2-18(20,14-9-3-4-11-16(14)19)15-10-5-7-13-8-6-12-21-17(13)15/h3-5,7,9-11,20H,2,6,8,12H2,1H3. The predicted molar refractivity (Wildman–Crippen MR) is 79.9 cm³/mol. The van der Waals surface area contributed by atoms with Crippen LogP contribution in [0.2, 0.25) is 0 Å². The van der Waals surface area contributed by atoms with Gasteiger partial charge in [-0.25, -0.2) is 4.39 Å². The van der Waals surface area contributed by atoms with Gasteiger partial charge in [0.1, 0.15) is 17.2 Å². The van der Waals surface area contributed by atoms with Gasteiger partial charge in [0.15, 0.2) is 0 Å². The molecule has 0 radical (unpaired) electrons. The first-order valence-electron chi connectivity index (χ1n) is 7.39. The summed E-state index contributed by atoms with van der Waals surface area (Å²) >= 11 is 0. The molecule has 1 atom stereocenters. The van der Waals surface area contributed by atoms with Gasteiger partial charge in [0, 0.05) is 11.1 Å². The van der Waals surface area contributed by atoms with Gasteiger partial charge < -0.3 is 9.84 Å². The zero-order chi connectivity index (χ0) is 14.9. The number of hydrogen-bond acceptors (Lipinski definition) is 2. The fraction of sp³-hybridized carbons (Fsp3) is 0.333. The minimum atomic E-state index is -1.37. The molecule has 0 spiro atoms. The van der Waals surface area contributed by atoms with Crippen molar-refractivity contribution in [2.24, 2.45) is 0 Å². The summed E-state index contributed by atoms with van der Waals surface area (Å²) < 4.78 is 20.0. The maximum absolute atomic E-state index is 14.2. The van der Waals surface area contributed by atoms with E-state index >= 15 is 0 Å². The number of benzene rings is 2. The van der Waals surface area contributed by atoms with Gasteiger partial charge >= 0.3 is 0 Å². The van der Waals surface area contributed by atoms with Crippen LogP contribution < -0.4 is 4.74 Å². The van der Waals surface area contributed by atoms with Crippen LogP contribution in [0.1, 0.15) is 36.5 Å². The Morgan fingerprint density at radius 3 is 2.67 bits per heavy atom. The normalized spacial score (nSPS) is 16.7. The summed E-state index contributed by atoms with van der Waals surface area (Å²) in [6.45, 7) is 2.50. The monoisotopic (exact) mass is 286 g/mol. The van der Waals surface area contributed by atoms with E-state index in [1.54, 1.807) is 18.2 Å². The van der Waals surface area contributed by atoms with E-state index < -0.39 is 11.4 Å². The van der Waals surface area contributed by atoms with Crippen LogP contribution in [0.15, 0.2) is 42.5 Å². The van der Waals surface area contributed by atoms with E-state index in [1.165, 1.54) is 6.07 Å². The molecule has 3 rings (SSSR count). The summed E-state index contributed by atoms with van der Waals surface area (Å²) in [5.41, 5.74) is 0.679. The van der Waals surface area contributed by atoms with Crippen LogP contribution in [0.4, 0.5) is 4.39 Å². The first-order valence-corrected chi connectivity index (χ1v) is 7.39. The first-order chi connectivity index (χ1) is 10.2. The average Bonchev–Trinajstić information content (AvgIpc) is 2.54. The minimum Gasteiger partial charge on any atom is -0.493 e. The molecule has 0 saturated carbocycles. The highest BCUT2D eigenvalue weighted by atomic mass is 19.1. The SMILES string of the molecule is CCC(O)(c1ccccc1F)c1cccc2c1OCCC2. The third-order valence-electron chi connectivity index (χ3n) is 4.21. The molecule has 1 heterocycles. The van der Waals surface area contributed by atoms with E-state index in [-0.39, 0.29) is 0 Å². The summed E-state index contributed by atoms with van der Waals surface area (Å²) in [7, 11) is 0. The van der Waals surface area contributed by atoms with Crippen LogP contribution in [0, 0.1) is 5.82 Å². The molecule has 0 aromatic heterocycles. The van der Waals surface area contributed by atoms with E-state index in [2.05, 4.69) is 0 Å². The summed E-state index contributed by atoms with van der Waals surface area (Å²) in [6, 6.07) is 12.1. The Morgan fingerprint density at radius 2 is 1.90 bits per heavy atom. The number of fused-ring (bicyclic) bond motifs is 1. The van der Waals surface area contributed by atoms with E-state index in [0.717, 1.165) is 24.2 Å². The molecule has 1 aliphatic rings. The highest BCUT2D eigenvalue weighted by Crippen LogP contribution is 2.42. The van der Waals surface area contributed by atoms with E-state index in [1.807, 2.05) is 25.1 Å². The highest BCUT2D eigenvalue weighted by Gasteiger charge is 2.36. The number of para-hydroxylation sites is 1. The Bertz CT molecular complexity index is 653. The van der Waals surface area contributed by atoms with Crippen molar-refractivity contribution in [1.29, 1.82) is 0 Å². The molecule has 3 heteroatoms. The Morgan fingerprint density at radius 1 is 1.14 bits per heavy atom. The van der Waals surface area contributed by atoms with Crippen molar-refractivity contribution in [2.45, 2.75) is 31.8 Å². The largest absolute Gasteiger partial charge is 0.493 e. The average molecular weight is 286 g/mol. The van der Waals surface area contributed by atoms with Crippen LogP contribution in [-0.4, -0.2) is 11.7 Å².